The summed E-state index contributed by atoms with van der Waals surface area (Å²) in [6, 6.07) is 0. The molecule has 2 rings (SSSR count). The zero-order valence-electron chi connectivity index (χ0n) is 9.73. The van der Waals surface area contributed by atoms with Gasteiger partial charge in [-0.3, -0.25) is 5.10 Å². The van der Waals surface area contributed by atoms with Crippen LogP contribution in [0.4, 0.5) is 0 Å². The normalized spacial score (nSPS) is 16.3. The van der Waals surface area contributed by atoms with E-state index in [1.54, 1.807) is 6.92 Å². The van der Waals surface area contributed by atoms with Gasteiger partial charge in [-0.25, -0.2) is 9.78 Å². The highest BCUT2D eigenvalue weighted by Gasteiger charge is 2.21. The van der Waals surface area contributed by atoms with Crippen molar-refractivity contribution >= 4 is 18.4 Å². The molecule has 2 N–H and O–H groups in total. The number of carbonyl (C=O) groups is 1. The van der Waals surface area contributed by atoms with Crippen LogP contribution in [0.5, 0.6) is 0 Å². The zero-order chi connectivity index (χ0) is 11.4. The number of aromatic amines is 1. The fourth-order valence-electron chi connectivity index (χ4n) is 1.84. The topological polar surface area (TPSA) is 79.9 Å². The molecule has 0 radical (unpaired) electrons. The molecule has 6 nitrogen and oxygen atoms in total. The van der Waals surface area contributed by atoms with E-state index in [9.17, 15) is 4.79 Å². The van der Waals surface area contributed by atoms with Crippen molar-refractivity contribution in [3.63, 3.8) is 0 Å². The summed E-state index contributed by atoms with van der Waals surface area (Å²) < 4.78 is 4.83. The molecule has 2 heterocycles. The molecule has 0 spiro atoms. The second kappa shape index (κ2) is 6.56. The van der Waals surface area contributed by atoms with E-state index in [1.807, 2.05) is 0 Å². The van der Waals surface area contributed by atoms with Crippen LogP contribution < -0.4 is 5.32 Å². The summed E-state index contributed by atoms with van der Waals surface area (Å²) in [6.45, 7) is 4.08. The van der Waals surface area contributed by atoms with Crippen LogP contribution in [0, 0.1) is 0 Å². The fourth-order valence-corrected chi connectivity index (χ4v) is 1.84. The third-order valence-corrected chi connectivity index (χ3v) is 2.69. The van der Waals surface area contributed by atoms with E-state index in [1.165, 1.54) is 0 Å². The minimum Gasteiger partial charge on any atom is -0.460 e. The summed E-state index contributed by atoms with van der Waals surface area (Å²) in [5.74, 6) is 0.843. The number of hydrogen-bond donors (Lipinski definition) is 2. The van der Waals surface area contributed by atoms with Gasteiger partial charge in [0, 0.05) is 5.92 Å². The lowest BCUT2D eigenvalue weighted by Crippen LogP contribution is -2.27. The molecule has 17 heavy (non-hydrogen) atoms. The minimum atomic E-state index is -0.459. The van der Waals surface area contributed by atoms with Crippen molar-refractivity contribution in [2.75, 3.05) is 19.7 Å². The van der Waals surface area contributed by atoms with E-state index >= 15 is 0 Å². The predicted molar refractivity (Wildman–Crippen MR) is 64.4 cm³/mol. The van der Waals surface area contributed by atoms with Gasteiger partial charge in [-0.15, -0.1) is 17.5 Å². The van der Waals surface area contributed by atoms with Gasteiger partial charge in [-0.1, -0.05) is 0 Å². The van der Waals surface area contributed by atoms with Crippen molar-refractivity contribution < 1.29 is 9.53 Å². The molecule has 1 aliphatic rings. The Morgan fingerprint density at radius 1 is 1.47 bits per heavy atom. The summed E-state index contributed by atoms with van der Waals surface area (Å²) in [5, 5.41) is 9.98. The Balaban J connectivity index is 0.00000144. The van der Waals surface area contributed by atoms with Crippen LogP contribution in [0.15, 0.2) is 0 Å². The third-order valence-electron chi connectivity index (χ3n) is 2.69. The second-order valence-electron chi connectivity index (χ2n) is 3.79. The van der Waals surface area contributed by atoms with Crippen molar-refractivity contribution in [2.24, 2.45) is 0 Å². The highest BCUT2D eigenvalue weighted by Crippen LogP contribution is 2.21. The Hall–Kier alpha value is -1.14. The molecule has 0 atom stereocenters. The van der Waals surface area contributed by atoms with Crippen LogP contribution in [0.1, 0.15) is 42.1 Å². The molecule has 0 saturated carbocycles. The van der Waals surface area contributed by atoms with Gasteiger partial charge in [-0.05, 0) is 32.9 Å². The maximum atomic E-state index is 11.4. The number of esters is 1. The Kier molecular flexibility index (Phi) is 5.37. The first-order chi connectivity index (χ1) is 7.81. The SMILES string of the molecule is CCOC(=O)c1n[nH]c(C2CCNCC2)n1.Cl. The molecule has 0 aliphatic carbocycles. The number of carbonyl (C=O) groups excluding carboxylic acids is 1. The van der Waals surface area contributed by atoms with E-state index in [4.69, 9.17) is 4.74 Å². The average molecular weight is 261 g/mol. The Morgan fingerprint density at radius 3 is 2.82 bits per heavy atom. The van der Waals surface area contributed by atoms with Gasteiger partial charge in [0.2, 0.25) is 0 Å². The molecule has 0 bridgehead atoms. The first kappa shape index (κ1) is 13.9. The number of rotatable bonds is 3. The van der Waals surface area contributed by atoms with E-state index in [2.05, 4.69) is 20.5 Å². The van der Waals surface area contributed by atoms with Crippen LogP contribution in [0.3, 0.4) is 0 Å². The van der Waals surface area contributed by atoms with E-state index in [0.29, 0.717) is 12.5 Å². The molecule has 96 valence electrons. The highest BCUT2D eigenvalue weighted by atomic mass is 35.5. The summed E-state index contributed by atoms with van der Waals surface area (Å²) in [5.41, 5.74) is 0. The van der Waals surface area contributed by atoms with E-state index in [0.717, 1.165) is 31.8 Å². The van der Waals surface area contributed by atoms with Crippen LogP contribution in [0.2, 0.25) is 0 Å². The van der Waals surface area contributed by atoms with Crippen LogP contribution in [-0.2, 0) is 4.74 Å². The van der Waals surface area contributed by atoms with Crippen molar-refractivity contribution in [1.82, 2.24) is 20.5 Å². The number of H-pyrrole nitrogens is 1. The minimum absolute atomic E-state index is 0. The van der Waals surface area contributed by atoms with Crippen LogP contribution >= 0.6 is 12.4 Å². The van der Waals surface area contributed by atoms with Gasteiger partial charge in [0.25, 0.3) is 5.82 Å². The average Bonchev–Trinajstić information content (AvgIpc) is 2.80. The first-order valence-corrected chi connectivity index (χ1v) is 5.61. The third kappa shape index (κ3) is 3.41. The molecule has 0 amide bonds. The maximum absolute atomic E-state index is 11.4. The van der Waals surface area contributed by atoms with Gasteiger partial charge in [0.1, 0.15) is 5.82 Å². The van der Waals surface area contributed by atoms with Gasteiger partial charge >= 0.3 is 5.97 Å². The standard InChI is InChI=1S/C10H16N4O2.ClH/c1-2-16-10(15)9-12-8(13-14-9)7-3-5-11-6-4-7;/h7,11H,2-6H2,1H3,(H,12,13,14);1H. The van der Waals surface area contributed by atoms with Crippen molar-refractivity contribution in [2.45, 2.75) is 25.7 Å². The number of piperidine rings is 1. The highest BCUT2D eigenvalue weighted by molar-refractivity contribution is 5.85. The summed E-state index contributed by atoms with van der Waals surface area (Å²) in [4.78, 5) is 15.5. The number of aromatic nitrogens is 3. The van der Waals surface area contributed by atoms with Crippen molar-refractivity contribution in [3.05, 3.63) is 11.6 Å². The second-order valence-corrected chi connectivity index (χ2v) is 3.79. The molecule has 0 unspecified atom stereocenters. The Bertz CT molecular complexity index is 363. The number of halogens is 1. The van der Waals surface area contributed by atoms with Crippen LogP contribution in [-0.4, -0.2) is 40.8 Å². The zero-order valence-corrected chi connectivity index (χ0v) is 10.5. The molecule has 1 aromatic heterocycles. The molecule has 0 aromatic carbocycles. The molecule has 7 heteroatoms. The maximum Gasteiger partial charge on any atom is 0.378 e. The summed E-state index contributed by atoms with van der Waals surface area (Å²) in [6.07, 6.45) is 2.05. The molecule has 1 aromatic rings. The quantitative estimate of drug-likeness (QED) is 0.789. The largest absolute Gasteiger partial charge is 0.460 e. The van der Waals surface area contributed by atoms with Crippen molar-refractivity contribution in [3.8, 4) is 0 Å². The van der Waals surface area contributed by atoms with Gasteiger partial charge in [-0.2, -0.15) is 0 Å². The lowest BCUT2D eigenvalue weighted by atomic mass is 9.98. The Labute approximate surface area is 106 Å². The Morgan fingerprint density at radius 2 is 2.18 bits per heavy atom. The lowest BCUT2D eigenvalue weighted by Gasteiger charge is -2.19. The first-order valence-electron chi connectivity index (χ1n) is 5.61. The van der Waals surface area contributed by atoms with Gasteiger partial charge < -0.3 is 10.1 Å². The molecule has 1 saturated heterocycles. The number of nitrogens with one attached hydrogen (secondary N) is 2. The predicted octanol–water partition coefficient (Wildman–Crippen LogP) is 0.870. The molecular formula is C10H17ClN4O2. The molecular weight excluding hydrogens is 244 g/mol. The van der Waals surface area contributed by atoms with E-state index in [-0.39, 0.29) is 18.2 Å². The molecule has 1 aliphatic heterocycles. The fraction of sp³-hybridized carbons (Fsp3) is 0.700. The lowest BCUT2D eigenvalue weighted by molar-refractivity contribution is 0.0512. The van der Waals surface area contributed by atoms with Crippen LogP contribution in [0.25, 0.3) is 0 Å². The number of hydrogen-bond acceptors (Lipinski definition) is 5. The molecule has 1 fully saturated rings. The monoisotopic (exact) mass is 260 g/mol. The van der Waals surface area contributed by atoms with Gasteiger partial charge in [0.15, 0.2) is 0 Å². The van der Waals surface area contributed by atoms with Crippen molar-refractivity contribution in [1.29, 1.82) is 0 Å². The summed E-state index contributed by atoms with van der Waals surface area (Å²) in [7, 11) is 0. The van der Waals surface area contributed by atoms with Gasteiger partial charge in [0.05, 0.1) is 6.61 Å². The van der Waals surface area contributed by atoms with E-state index < -0.39 is 5.97 Å². The number of ether oxygens (including phenoxy) is 1. The summed E-state index contributed by atoms with van der Waals surface area (Å²) >= 11 is 0. The smallest absolute Gasteiger partial charge is 0.378 e. The number of nitrogens with zero attached hydrogens (tertiary/aromatic N) is 2.